The number of rotatable bonds is 3. The van der Waals surface area contributed by atoms with Crippen molar-refractivity contribution in [3.63, 3.8) is 0 Å². The number of hydrogen-bond donors (Lipinski definition) is 2. The van der Waals surface area contributed by atoms with Crippen LogP contribution < -0.4 is 5.32 Å². The van der Waals surface area contributed by atoms with E-state index in [1.54, 1.807) is 18.5 Å². The zero-order valence-electron chi connectivity index (χ0n) is 11.3. The number of halogens is 1. The lowest BCUT2D eigenvalue weighted by atomic mass is 10.1. The maximum atomic E-state index is 13.7. The van der Waals surface area contributed by atoms with Gasteiger partial charge in [-0.2, -0.15) is 0 Å². The Morgan fingerprint density at radius 3 is 3.00 bits per heavy atom. The molecule has 2 N–H and O–H groups in total. The summed E-state index contributed by atoms with van der Waals surface area (Å²) in [6, 6.07) is 4.37. The highest BCUT2D eigenvalue weighted by molar-refractivity contribution is 7.11. The van der Waals surface area contributed by atoms with Crippen LogP contribution in [0.3, 0.4) is 0 Å². The average Bonchev–Trinajstić information content (AvgIpc) is 2.91. The number of aromatic nitrogens is 1. The molecule has 108 valence electrons. The number of nitrogens with zero attached hydrogens (tertiary/aromatic N) is 1. The van der Waals surface area contributed by atoms with Gasteiger partial charge in [0.2, 0.25) is 0 Å². The average molecular weight is 304 g/mol. The van der Waals surface area contributed by atoms with Gasteiger partial charge in [0.1, 0.15) is 17.3 Å². The quantitative estimate of drug-likeness (QED) is 0.851. The maximum Gasteiger partial charge on any atom is 0.263 e. The molecule has 4 nitrogen and oxygen atoms in total. The molecule has 0 aliphatic rings. The fourth-order valence-corrected chi connectivity index (χ4v) is 2.42. The van der Waals surface area contributed by atoms with Gasteiger partial charge in [-0.25, -0.2) is 9.37 Å². The van der Waals surface area contributed by atoms with Crippen LogP contribution in [0, 0.1) is 24.6 Å². The maximum absolute atomic E-state index is 13.7. The molecule has 0 aliphatic carbocycles. The van der Waals surface area contributed by atoms with Gasteiger partial charge in [0.15, 0.2) is 0 Å². The number of aliphatic hydroxyl groups is 1. The zero-order valence-corrected chi connectivity index (χ0v) is 12.1. The Hall–Kier alpha value is -2.23. The number of carbonyl (C=O) groups excluding carboxylic acids is 1. The lowest BCUT2D eigenvalue weighted by Gasteiger charge is -2.06. The van der Waals surface area contributed by atoms with E-state index in [-0.39, 0.29) is 19.1 Å². The van der Waals surface area contributed by atoms with E-state index in [0.29, 0.717) is 21.7 Å². The van der Waals surface area contributed by atoms with E-state index >= 15 is 0 Å². The molecule has 0 saturated carbocycles. The normalized spacial score (nSPS) is 9.86. The van der Waals surface area contributed by atoms with E-state index in [0.717, 1.165) is 0 Å². The van der Waals surface area contributed by atoms with Gasteiger partial charge in [0.25, 0.3) is 5.91 Å². The number of aryl methyl sites for hydroxylation is 1. The van der Waals surface area contributed by atoms with E-state index in [1.165, 1.54) is 23.5 Å². The summed E-state index contributed by atoms with van der Waals surface area (Å²) in [6.07, 6.45) is 0. The van der Waals surface area contributed by atoms with Crippen LogP contribution in [-0.2, 0) is 6.54 Å². The number of thiazole rings is 1. The van der Waals surface area contributed by atoms with E-state index in [2.05, 4.69) is 22.1 Å². The number of amides is 1. The van der Waals surface area contributed by atoms with Crippen LogP contribution in [-0.4, -0.2) is 22.6 Å². The molecule has 0 bridgehead atoms. The molecule has 6 heteroatoms. The number of carbonyl (C=O) groups is 1. The van der Waals surface area contributed by atoms with Crippen molar-refractivity contribution in [3.05, 3.63) is 51.2 Å². The van der Waals surface area contributed by atoms with E-state index in [4.69, 9.17) is 5.11 Å². The summed E-state index contributed by atoms with van der Waals surface area (Å²) >= 11 is 1.24. The van der Waals surface area contributed by atoms with E-state index in [9.17, 15) is 9.18 Å². The van der Waals surface area contributed by atoms with Crippen molar-refractivity contribution in [2.45, 2.75) is 13.5 Å². The van der Waals surface area contributed by atoms with Crippen LogP contribution >= 0.6 is 11.3 Å². The molecule has 1 heterocycles. The molecule has 0 spiro atoms. The molecule has 0 aliphatic heterocycles. The van der Waals surface area contributed by atoms with Crippen molar-refractivity contribution < 1.29 is 14.3 Å². The monoisotopic (exact) mass is 304 g/mol. The molecule has 1 aromatic carbocycles. The third-order valence-electron chi connectivity index (χ3n) is 2.75. The molecule has 21 heavy (non-hydrogen) atoms. The minimum Gasteiger partial charge on any atom is -0.384 e. The first-order chi connectivity index (χ1) is 10.1. The Morgan fingerprint density at radius 2 is 2.33 bits per heavy atom. The number of benzene rings is 1. The van der Waals surface area contributed by atoms with Crippen LogP contribution in [0.1, 0.15) is 26.5 Å². The highest BCUT2D eigenvalue weighted by Crippen LogP contribution is 2.13. The summed E-state index contributed by atoms with van der Waals surface area (Å²) in [5.74, 6) is 4.51. The third kappa shape index (κ3) is 3.88. The summed E-state index contributed by atoms with van der Waals surface area (Å²) < 4.78 is 13.7. The molecule has 0 fully saturated rings. The van der Waals surface area contributed by atoms with Crippen molar-refractivity contribution in [2.24, 2.45) is 0 Å². The molecule has 0 radical (unpaired) electrons. The summed E-state index contributed by atoms with van der Waals surface area (Å²) in [7, 11) is 0. The first-order valence-corrected chi connectivity index (χ1v) is 7.06. The predicted octanol–water partition coefficient (Wildman–Crippen LogP) is 1.86. The molecule has 2 rings (SSSR count). The predicted molar refractivity (Wildman–Crippen MR) is 78.4 cm³/mol. The number of nitrogens with one attached hydrogen (secondary N) is 1. The second kappa shape index (κ2) is 6.97. The SMILES string of the molecule is Cc1ncsc1C(=O)NCc1cc(C#CCO)ccc1F. The smallest absolute Gasteiger partial charge is 0.263 e. The Morgan fingerprint density at radius 1 is 1.52 bits per heavy atom. The summed E-state index contributed by atoms with van der Waals surface area (Å²) in [6.45, 7) is 1.56. The van der Waals surface area contributed by atoms with Crippen LogP contribution in [0.2, 0.25) is 0 Å². The van der Waals surface area contributed by atoms with Gasteiger partial charge in [0, 0.05) is 17.7 Å². The minimum absolute atomic E-state index is 0.0661. The first-order valence-electron chi connectivity index (χ1n) is 6.18. The van der Waals surface area contributed by atoms with Crippen molar-refractivity contribution in [2.75, 3.05) is 6.61 Å². The van der Waals surface area contributed by atoms with Crippen LogP contribution in [0.15, 0.2) is 23.7 Å². The summed E-state index contributed by atoms with van der Waals surface area (Å²) in [4.78, 5) is 16.5. The fourth-order valence-electron chi connectivity index (χ4n) is 1.71. The Labute approximate surface area is 125 Å². The number of hydrogen-bond acceptors (Lipinski definition) is 4. The minimum atomic E-state index is -0.411. The summed E-state index contributed by atoms with van der Waals surface area (Å²) in [5, 5.41) is 11.3. The second-order valence-corrected chi connectivity index (χ2v) is 5.07. The fraction of sp³-hybridized carbons (Fsp3) is 0.200. The van der Waals surface area contributed by atoms with Crippen LogP contribution in [0.5, 0.6) is 0 Å². The molecule has 0 atom stereocenters. The van der Waals surface area contributed by atoms with Crippen LogP contribution in [0.4, 0.5) is 4.39 Å². The molecule has 1 aromatic heterocycles. The summed E-state index contributed by atoms with van der Waals surface area (Å²) in [5.41, 5.74) is 3.18. The van der Waals surface area contributed by atoms with Crippen molar-refractivity contribution in [3.8, 4) is 11.8 Å². The van der Waals surface area contributed by atoms with Crippen molar-refractivity contribution in [1.82, 2.24) is 10.3 Å². The van der Waals surface area contributed by atoms with Gasteiger partial charge < -0.3 is 10.4 Å². The van der Waals surface area contributed by atoms with E-state index in [1.807, 2.05) is 0 Å². The Bertz CT molecular complexity index is 716. The van der Waals surface area contributed by atoms with Gasteiger partial charge in [-0.3, -0.25) is 4.79 Å². The molecular weight excluding hydrogens is 291 g/mol. The highest BCUT2D eigenvalue weighted by atomic mass is 32.1. The second-order valence-electron chi connectivity index (χ2n) is 4.22. The topological polar surface area (TPSA) is 62.2 Å². The molecule has 0 saturated heterocycles. The van der Waals surface area contributed by atoms with Gasteiger partial charge in [-0.1, -0.05) is 11.8 Å². The van der Waals surface area contributed by atoms with Crippen molar-refractivity contribution >= 4 is 17.2 Å². The van der Waals surface area contributed by atoms with Crippen molar-refractivity contribution in [1.29, 1.82) is 0 Å². The Balaban J connectivity index is 2.09. The van der Waals surface area contributed by atoms with Gasteiger partial charge >= 0.3 is 0 Å². The van der Waals surface area contributed by atoms with Gasteiger partial charge in [-0.15, -0.1) is 11.3 Å². The zero-order chi connectivity index (χ0) is 15.2. The van der Waals surface area contributed by atoms with E-state index < -0.39 is 5.82 Å². The standard InChI is InChI=1S/C15H13FN2O2S/c1-10-14(21-9-18-10)15(20)17-8-12-7-11(3-2-6-19)4-5-13(12)16/h4-5,7,9,19H,6,8H2,1H3,(H,17,20). The molecule has 0 unspecified atom stereocenters. The lowest BCUT2D eigenvalue weighted by Crippen LogP contribution is -2.23. The first kappa shape index (κ1) is 15.2. The molecule has 1 amide bonds. The molecular formula is C15H13FN2O2S. The Kier molecular flexibility index (Phi) is 5.04. The van der Waals surface area contributed by atoms with Gasteiger partial charge in [0.05, 0.1) is 11.2 Å². The van der Waals surface area contributed by atoms with Crippen LogP contribution in [0.25, 0.3) is 0 Å². The lowest BCUT2D eigenvalue weighted by molar-refractivity contribution is 0.0954. The highest BCUT2D eigenvalue weighted by Gasteiger charge is 2.12. The third-order valence-corrected chi connectivity index (χ3v) is 3.68. The number of aliphatic hydroxyl groups excluding tert-OH is 1. The molecule has 2 aromatic rings. The largest absolute Gasteiger partial charge is 0.384 e. The van der Waals surface area contributed by atoms with Gasteiger partial charge in [-0.05, 0) is 25.1 Å².